The van der Waals surface area contributed by atoms with Gasteiger partial charge in [-0.3, -0.25) is 4.79 Å². The zero-order valence-corrected chi connectivity index (χ0v) is 24.7. The number of carboxylic acid groups (broad SMARTS) is 1. The minimum absolute atomic E-state index is 0.0966. The summed E-state index contributed by atoms with van der Waals surface area (Å²) in [5.74, 6) is -0.0335. The minimum atomic E-state index is -0.887. The minimum Gasteiger partial charge on any atom is -0.496 e. The van der Waals surface area contributed by atoms with Gasteiger partial charge < -0.3 is 20.9 Å². The number of nitrogens with two attached hydrogens (primary N) is 1. The summed E-state index contributed by atoms with van der Waals surface area (Å²) in [7, 11) is 1.54. The molecule has 5 aromatic rings. The summed E-state index contributed by atoms with van der Waals surface area (Å²) in [4.78, 5) is 33.4. The molecule has 0 spiro atoms. The summed E-state index contributed by atoms with van der Waals surface area (Å²) < 4.78 is 7.27. The molecule has 10 nitrogen and oxygen atoms in total. The summed E-state index contributed by atoms with van der Waals surface area (Å²) in [6, 6.07) is 20.6. The third kappa shape index (κ3) is 5.58. The van der Waals surface area contributed by atoms with Crippen LogP contribution in [-0.4, -0.2) is 43.8 Å². The van der Waals surface area contributed by atoms with Crippen molar-refractivity contribution in [2.75, 3.05) is 12.8 Å². The smallest absolute Gasteiger partial charge is 0.335 e. The van der Waals surface area contributed by atoms with Crippen LogP contribution in [0.15, 0.2) is 73.1 Å². The van der Waals surface area contributed by atoms with Crippen LogP contribution in [0.4, 0.5) is 5.82 Å². The monoisotopic (exact) mass is 590 g/mol. The van der Waals surface area contributed by atoms with Crippen molar-refractivity contribution in [3.63, 3.8) is 0 Å². The van der Waals surface area contributed by atoms with Crippen LogP contribution in [-0.2, 0) is 6.54 Å². The molecule has 1 aliphatic carbocycles. The summed E-state index contributed by atoms with van der Waals surface area (Å²) in [5.41, 5.74) is 12.4. The van der Waals surface area contributed by atoms with E-state index >= 15 is 0 Å². The van der Waals surface area contributed by atoms with E-state index in [2.05, 4.69) is 15.3 Å². The molecule has 44 heavy (non-hydrogen) atoms. The fourth-order valence-corrected chi connectivity index (χ4v) is 6.19. The van der Waals surface area contributed by atoms with E-state index in [1.54, 1.807) is 31.4 Å². The van der Waals surface area contributed by atoms with Crippen molar-refractivity contribution in [2.45, 2.75) is 51.1 Å². The number of rotatable bonds is 8. The number of benzene rings is 3. The fourth-order valence-electron chi connectivity index (χ4n) is 6.19. The van der Waals surface area contributed by atoms with Gasteiger partial charge in [0.15, 0.2) is 5.65 Å². The number of anilines is 1. The number of carboxylic acids is 1. The molecular weight excluding hydrogens is 556 g/mol. The lowest BCUT2D eigenvalue weighted by Crippen LogP contribution is -2.23. The average Bonchev–Trinajstić information content (AvgIpc) is 3.44. The van der Waals surface area contributed by atoms with Gasteiger partial charge in [-0.1, -0.05) is 54.1 Å². The second-order valence-corrected chi connectivity index (χ2v) is 11.2. The molecule has 2 heterocycles. The molecule has 2 aromatic heterocycles. The van der Waals surface area contributed by atoms with Gasteiger partial charge in [-0.25, -0.2) is 19.4 Å². The predicted octanol–water partition coefficient (Wildman–Crippen LogP) is 5.92. The maximum Gasteiger partial charge on any atom is 0.335 e. The first-order chi connectivity index (χ1) is 21.3. The average molecular weight is 591 g/mol. The molecule has 0 saturated heterocycles. The first-order valence-corrected chi connectivity index (χ1v) is 14.7. The lowest BCUT2D eigenvalue weighted by atomic mass is 9.79. The Labute approximate surface area is 254 Å². The highest BCUT2D eigenvalue weighted by Crippen LogP contribution is 2.41. The number of aryl methyl sites for hydroxylation is 1. The van der Waals surface area contributed by atoms with E-state index < -0.39 is 5.97 Å². The van der Waals surface area contributed by atoms with E-state index in [4.69, 9.17) is 15.6 Å². The molecule has 1 saturated carbocycles. The number of nitrogens with one attached hydrogen (secondary N) is 1. The molecule has 0 atom stereocenters. The number of amides is 1. The molecule has 4 N–H and O–H groups in total. The van der Waals surface area contributed by atoms with Gasteiger partial charge >= 0.3 is 5.97 Å². The number of hydrogen-bond acceptors (Lipinski definition) is 7. The molecular formula is C34H34N6O4. The van der Waals surface area contributed by atoms with Gasteiger partial charge in [-0.05, 0) is 67.9 Å². The molecule has 0 aliphatic heterocycles. The van der Waals surface area contributed by atoms with Crippen molar-refractivity contribution < 1.29 is 19.4 Å². The van der Waals surface area contributed by atoms with E-state index in [0.29, 0.717) is 46.0 Å². The number of methoxy groups -OCH3 is 1. The van der Waals surface area contributed by atoms with Crippen molar-refractivity contribution in [3.8, 4) is 17.0 Å². The number of para-hydroxylation sites is 1. The molecule has 1 fully saturated rings. The van der Waals surface area contributed by atoms with Gasteiger partial charge in [-0.2, -0.15) is 5.10 Å². The molecule has 0 radical (unpaired) electrons. The Balaban J connectivity index is 1.21. The number of hydrogen-bond donors (Lipinski definition) is 3. The molecule has 3 aromatic carbocycles. The van der Waals surface area contributed by atoms with Crippen molar-refractivity contribution in [1.29, 1.82) is 0 Å². The number of nitrogens with zero attached hydrogens (tertiary/aromatic N) is 4. The maximum atomic E-state index is 12.7. The van der Waals surface area contributed by atoms with Crippen LogP contribution >= 0.6 is 0 Å². The van der Waals surface area contributed by atoms with Crippen LogP contribution in [0, 0.1) is 6.92 Å². The number of carbonyl (C=O) groups is 2. The SMILES string of the molecule is COc1ccccc1C(=O)NCc1ccc(-c2nn(C3CCC(c4cc(C)ccc4C(=O)O)CC3)c3ncnc(N)c23)cc1. The fraction of sp³-hybridized carbons (Fsp3) is 0.265. The Morgan fingerprint density at radius 3 is 2.48 bits per heavy atom. The van der Waals surface area contributed by atoms with E-state index in [9.17, 15) is 14.7 Å². The Hall–Kier alpha value is -5.25. The number of ether oxygens (including phenoxy) is 1. The first kappa shape index (κ1) is 28.9. The number of aromatic nitrogens is 4. The van der Waals surface area contributed by atoms with Crippen LogP contribution in [0.25, 0.3) is 22.3 Å². The molecule has 224 valence electrons. The molecule has 0 bridgehead atoms. The number of aromatic carboxylic acids is 1. The maximum absolute atomic E-state index is 12.7. The standard InChI is InChI=1S/C34H34N6O4/c1-20-7-16-25(34(42)43)27(17-20)22-12-14-24(15-13-22)40-32-29(31(35)37-19-38-32)30(39-40)23-10-8-21(9-11-23)18-36-33(41)26-5-3-4-6-28(26)44-2/h3-11,16-17,19,22,24H,12-15,18H2,1-2H3,(H,36,41)(H,42,43)(H2,35,37,38). The summed E-state index contributed by atoms with van der Waals surface area (Å²) >= 11 is 0. The second-order valence-electron chi connectivity index (χ2n) is 11.2. The van der Waals surface area contributed by atoms with Crippen molar-refractivity contribution in [1.82, 2.24) is 25.1 Å². The van der Waals surface area contributed by atoms with Crippen LogP contribution in [0.3, 0.4) is 0 Å². The lowest BCUT2D eigenvalue weighted by molar-refractivity contribution is 0.0694. The van der Waals surface area contributed by atoms with Crippen molar-refractivity contribution >= 4 is 28.7 Å². The quantitative estimate of drug-likeness (QED) is 0.202. The number of carbonyl (C=O) groups excluding carboxylic acids is 1. The number of nitrogen functional groups attached to an aromatic ring is 1. The molecule has 6 rings (SSSR count). The van der Waals surface area contributed by atoms with Crippen LogP contribution in [0.2, 0.25) is 0 Å². The summed E-state index contributed by atoms with van der Waals surface area (Å²) in [6.45, 7) is 2.35. The zero-order chi connectivity index (χ0) is 30.8. The highest BCUT2D eigenvalue weighted by molar-refractivity contribution is 5.98. The normalized spacial score (nSPS) is 16.5. The van der Waals surface area contributed by atoms with Crippen molar-refractivity contribution in [2.24, 2.45) is 0 Å². The molecule has 10 heteroatoms. The molecule has 1 aliphatic rings. The van der Waals surface area contributed by atoms with Gasteiger partial charge in [0.2, 0.25) is 0 Å². The highest BCUT2D eigenvalue weighted by atomic mass is 16.5. The summed E-state index contributed by atoms with van der Waals surface area (Å²) in [6.07, 6.45) is 4.83. The third-order valence-electron chi connectivity index (χ3n) is 8.47. The topological polar surface area (TPSA) is 145 Å². The van der Waals surface area contributed by atoms with Gasteiger partial charge in [0.25, 0.3) is 5.91 Å². The van der Waals surface area contributed by atoms with Gasteiger partial charge in [0.1, 0.15) is 23.6 Å². The zero-order valence-electron chi connectivity index (χ0n) is 24.7. The Bertz CT molecular complexity index is 1840. The Morgan fingerprint density at radius 1 is 1.00 bits per heavy atom. The Morgan fingerprint density at radius 2 is 1.75 bits per heavy atom. The molecule has 0 unspecified atom stereocenters. The second kappa shape index (κ2) is 12.2. The van der Waals surface area contributed by atoms with E-state index in [0.717, 1.165) is 47.9 Å². The lowest BCUT2D eigenvalue weighted by Gasteiger charge is -2.30. The van der Waals surface area contributed by atoms with E-state index in [-0.39, 0.29) is 17.9 Å². The largest absolute Gasteiger partial charge is 0.496 e. The van der Waals surface area contributed by atoms with Crippen molar-refractivity contribution in [3.05, 3.63) is 101 Å². The third-order valence-corrected chi connectivity index (χ3v) is 8.47. The first-order valence-electron chi connectivity index (χ1n) is 14.7. The highest BCUT2D eigenvalue weighted by Gasteiger charge is 2.29. The van der Waals surface area contributed by atoms with Gasteiger partial charge in [0.05, 0.1) is 29.7 Å². The van der Waals surface area contributed by atoms with E-state index in [1.807, 2.05) is 54.1 Å². The number of fused-ring (bicyclic) bond motifs is 1. The van der Waals surface area contributed by atoms with Crippen LogP contribution in [0.1, 0.15) is 75.0 Å². The van der Waals surface area contributed by atoms with Crippen LogP contribution < -0.4 is 15.8 Å². The molecule has 1 amide bonds. The summed E-state index contributed by atoms with van der Waals surface area (Å²) in [5, 5.41) is 18.4. The Kier molecular flexibility index (Phi) is 7.97. The van der Waals surface area contributed by atoms with Gasteiger partial charge in [-0.15, -0.1) is 0 Å². The van der Waals surface area contributed by atoms with Gasteiger partial charge in [0, 0.05) is 12.1 Å². The van der Waals surface area contributed by atoms with E-state index in [1.165, 1.54) is 6.33 Å². The van der Waals surface area contributed by atoms with Crippen LogP contribution in [0.5, 0.6) is 5.75 Å². The predicted molar refractivity (Wildman–Crippen MR) is 168 cm³/mol.